The number of hydrogen-bond acceptors (Lipinski definition) is 2. The first kappa shape index (κ1) is 16.6. The second-order valence-corrected chi connectivity index (χ2v) is 7.74. The van der Waals surface area contributed by atoms with Crippen molar-refractivity contribution >= 4 is 17.5 Å². The molecule has 0 unspecified atom stereocenters. The number of carbonyl (C=O) groups excluding carboxylic acids is 1. The largest absolute Gasteiger partial charge is 0.481 e. The van der Waals surface area contributed by atoms with E-state index < -0.39 is 6.10 Å². The third kappa shape index (κ3) is 3.65. The maximum absolute atomic E-state index is 12.4. The van der Waals surface area contributed by atoms with E-state index in [1.807, 2.05) is 19.1 Å². The van der Waals surface area contributed by atoms with Gasteiger partial charge in [-0.25, -0.2) is 0 Å². The standard InChI is InChI=1S/C19H26ClNO2/c1-11-8-16(20)6-7-18(11)23-13(3)19(22)21-12(2)17-10-14-4-5-15(17)9-14/h6-8,12-15,17H,4-5,9-10H2,1-3H3,(H,21,22)/t12-,13+,14+,15+,17-/m0/s1. The number of aryl methyl sites for hydroxylation is 1. The van der Waals surface area contributed by atoms with Crippen LogP contribution in [-0.4, -0.2) is 18.1 Å². The molecule has 4 heteroatoms. The molecule has 3 nitrogen and oxygen atoms in total. The Kier molecular flexibility index (Phi) is 4.86. The molecule has 1 aromatic carbocycles. The maximum atomic E-state index is 12.4. The van der Waals surface area contributed by atoms with Crippen LogP contribution in [0.5, 0.6) is 5.75 Å². The summed E-state index contributed by atoms with van der Waals surface area (Å²) >= 11 is 5.95. The fourth-order valence-electron chi connectivity index (χ4n) is 4.34. The molecule has 2 bridgehead atoms. The molecular formula is C19H26ClNO2. The molecule has 1 amide bonds. The van der Waals surface area contributed by atoms with Gasteiger partial charge in [-0.3, -0.25) is 4.79 Å². The van der Waals surface area contributed by atoms with Crippen molar-refractivity contribution in [2.75, 3.05) is 0 Å². The first-order chi connectivity index (χ1) is 10.9. The van der Waals surface area contributed by atoms with Gasteiger partial charge in [0.1, 0.15) is 5.75 Å². The summed E-state index contributed by atoms with van der Waals surface area (Å²) in [6.07, 6.45) is 4.86. The van der Waals surface area contributed by atoms with E-state index in [9.17, 15) is 4.79 Å². The average Bonchev–Trinajstić information content (AvgIpc) is 3.12. The van der Waals surface area contributed by atoms with Crippen molar-refractivity contribution in [3.8, 4) is 5.75 Å². The number of fused-ring (bicyclic) bond motifs is 2. The second-order valence-electron chi connectivity index (χ2n) is 7.31. The molecule has 0 heterocycles. The smallest absolute Gasteiger partial charge is 0.260 e. The van der Waals surface area contributed by atoms with Crippen molar-refractivity contribution < 1.29 is 9.53 Å². The van der Waals surface area contributed by atoms with Crippen molar-refractivity contribution in [3.05, 3.63) is 28.8 Å². The third-order valence-corrected chi connectivity index (χ3v) is 5.85. The van der Waals surface area contributed by atoms with Crippen LogP contribution in [0.1, 0.15) is 45.1 Å². The maximum Gasteiger partial charge on any atom is 0.260 e. The van der Waals surface area contributed by atoms with Crippen molar-refractivity contribution in [2.24, 2.45) is 17.8 Å². The van der Waals surface area contributed by atoms with Gasteiger partial charge < -0.3 is 10.1 Å². The molecule has 1 aromatic rings. The first-order valence-electron chi connectivity index (χ1n) is 8.67. The molecule has 5 atom stereocenters. The van der Waals surface area contributed by atoms with Crippen LogP contribution in [0, 0.1) is 24.7 Å². The Hall–Kier alpha value is -1.22. The molecule has 23 heavy (non-hydrogen) atoms. The summed E-state index contributed by atoms with van der Waals surface area (Å²) in [5.74, 6) is 3.03. The normalized spacial score (nSPS) is 28.4. The number of carbonyl (C=O) groups is 1. The summed E-state index contributed by atoms with van der Waals surface area (Å²) in [6.45, 7) is 5.88. The van der Waals surface area contributed by atoms with E-state index >= 15 is 0 Å². The Morgan fingerprint density at radius 2 is 2.09 bits per heavy atom. The van der Waals surface area contributed by atoms with Gasteiger partial charge in [0.25, 0.3) is 5.91 Å². The van der Waals surface area contributed by atoms with Crippen LogP contribution in [0.4, 0.5) is 0 Å². The highest BCUT2D eigenvalue weighted by Crippen LogP contribution is 2.49. The van der Waals surface area contributed by atoms with Gasteiger partial charge in [0.05, 0.1) is 0 Å². The molecule has 126 valence electrons. The average molecular weight is 336 g/mol. The lowest BCUT2D eigenvalue weighted by Gasteiger charge is -2.29. The van der Waals surface area contributed by atoms with E-state index in [0.29, 0.717) is 16.7 Å². The van der Waals surface area contributed by atoms with E-state index in [1.54, 1.807) is 13.0 Å². The van der Waals surface area contributed by atoms with Crippen LogP contribution < -0.4 is 10.1 Å². The van der Waals surface area contributed by atoms with E-state index in [1.165, 1.54) is 25.7 Å². The molecule has 3 rings (SSSR count). The van der Waals surface area contributed by atoms with Crippen LogP contribution in [0.3, 0.4) is 0 Å². The van der Waals surface area contributed by atoms with E-state index in [2.05, 4.69) is 12.2 Å². The summed E-state index contributed by atoms with van der Waals surface area (Å²) in [7, 11) is 0. The fourth-order valence-corrected chi connectivity index (χ4v) is 4.57. The van der Waals surface area contributed by atoms with Crippen molar-refractivity contribution in [2.45, 2.75) is 58.6 Å². The van der Waals surface area contributed by atoms with Crippen LogP contribution >= 0.6 is 11.6 Å². The predicted octanol–water partition coefficient (Wildman–Crippen LogP) is 4.36. The molecule has 0 aromatic heterocycles. The molecule has 2 aliphatic carbocycles. The molecule has 1 N–H and O–H groups in total. The summed E-state index contributed by atoms with van der Waals surface area (Å²) in [5, 5.41) is 3.85. The van der Waals surface area contributed by atoms with Gasteiger partial charge in [-0.2, -0.15) is 0 Å². The summed E-state index contributed by atoms with van der Waals surface area (Å²) in [4.78, 5) is 12.4. The molecule has 0 radical (unpaired) electrons. The molecule has 2 fully saturated rings. The number of amides is 1. The number of nitrogens with one attached hydrogen (secondary N) is 1. The van der Waals surface area contributed by atoms with Gasteiger partial charge >= 0.3 is 0 Å². The summed E-state index contributed by atoms with van der Waals surface area (Å²) in [5.41, 5.74) is 0.943. The van der Waals surface area contributed by atoms with Gasteiger partial charge in [0.15, 0.2) is 6.10 Å². The molecule has 0 saturated heterocycles. The van der Waals surface area contributed by atoms with Crippen LogP contribution in [-0.2, 0) is 4.79 Å². The SMILES string of the molecule is Cc1cc(Cl)ccc1O[C@H](C)C(=O)N[C@@H](C)[C@@H]1C[C@@H]2CC[C@@H]1C2. The minimum atomic E-state index is -0.504. The van der Waals surface area contributed by atoms with E-state index in [0.717, 1.165) is 17.4 Å². The van der Waals surface area contributed by atoms with Gasteiger partial charge in [0.2, 0.25) is 0 Å². The zero-order chi connectivity index (χ0) is 16.6. The Balaban J connectivity index is 1.55. The lowest BCUT2D eigenvalue weighted by Crippen LogP contribution is -2.45. The highest BCUT2D eigenvalue weighted by molar-refractivity contribution is 6.30. The van der Waals surface area contributed by atoms with Crippen molar-refractivity contribution in [1.29, 1.82) is 0 Å². The molecule has 2 aliphatic rings. The lowest BCUT2D eigenvalue weighted by molar-refractivity contribution is -0.128. The van der Waals surface area contributed by atoms with Gasteiger partial charge in [0, 0.05) is 11.1 Å². The van der Waals surface area contributed by atoms with E-state index in [-0.39, 0.29) is 11.9 Å². The third-order valence-electron chi connectivity index (χ3n) is 5.61. The number of benzene rings is 1. The predicted molar refractivity (Wildman–Crippen MR) is 92.8 cm³/mol. The lowest BCUT2D eigenvalue weighted by atomic mass is 9.84. The van der Waals surface area contributed by atoms with Gasteiger partial charge in [-0.15, -0.1) is 0 Å². The Morgan fingerprint density at radius 3 is 2.70 bits per heavy atom. The van der Waals surface area contributed by atoms with Crippen molar-refractivity contribution in [1.82, 2.24) is 5.32 Å². The zero-order valence-electron chi connectivity index (χ0n) is 14.1. The Bertz CT molecular complexity index is 589. The van der Waals surface area contributed by atoms with E-state index in [4.69, 9.17) is 16.3 Å². The first-order valence-corrected chi connectivity index (χ1v) is 9.05. The Labute approximate surface area is 143 Å². The molecule has 0 spiro atoms. The van der Waals surface area contributed by atoms with Crippen LogP contribution in [0.2, 0.25) is 5.02 Å². The highest BCUT2D eigenvalue weighted by atomic mass is 35.5. The van der Waals surface area contributed by atoms with Crippen LogP contribution in [0.25, 0.3) is 0 Å². The Morgan fingerprint density at radius 1 is 1.30 bits per heavy atom. The minimum Gasteiger partial charge on any atom is -0.481 e. The number of hydrogen-bond donors (Lipinski definition) is 1. The highest BCUT2D eigenvalue weighted by Gasteiger charge is 2.42. The molecule has 0 aliphatic heterocycles. The van der Waals surface area contributed by atoms with Crippen molar-refractivity contribution in [3.63, 3.8) is 0 Å². The topological polar surface area (TPSA) is 38.3 Å². The molecular weight excluding hydrogens is 310 g/mol. The second kappa shape index (κ2) is 6.72. The number of ether oxygens (including phenoxy) is 1. The van der Waals surface area contributed by atoms with Crippen LogP contribution in [0.15, 0.2) is 18.2 Å². The monoisotopic (exact) mass is 335 g/mol. The molecule has 2 saturated carbocycles. The fraction of sp³-hybridized carbons (Fsp3) is 0.632. The zero-order valence-corrected chi connectivity index (χ0v) is 14.9. The minimum absolute atomic E-state index is 0.0328. The van der Waals surface area contributed by atoms with Gasteiger partial charge in [-0.05, 0) is 81.5 Å². The quantitative estimate of drug-likeness (QED) is 0.868. The number of rotatable bonds is 5. The number of halogens is 1. The summed E-state index contributed by atoms with van der Waals surface area (Å²) < 4.78 is 5.82. The summed E-state index contributed by atoms with van der Waals surface area (Å²) in [6, 6.07) is 5.68. The van der Waals surface area contributed by atoms with Gasteiger partial charge in [-0.1, -0.05) is 18.0 Å².